The number of halogens is 1. The van der Waals surface area contributed by atoms with Crippen LogP contribution in [0.25, 0.3) is 11.2 Å². The fourth-order valence-corrected chi connectivity index (χ4v) is 2.72. The fourth-order valence-electron chi connectivity index (χ4n) is 2.59. The maximum atomic E-state index is 5.94. The van der Waals surface area contributed by atoms with Gasteiger partial charge >= 0.3 is 0 Å². The molecule has 7 nitrogen and oxygen atoms in total. The van der Waals surface area contributed by atoms with Crippen LogP contribution in [0.15, 0.2) is 54.9 Å². The molecule has 0 saturated heterocycles. The summed E-state index contributed by atoms with van der Waals surface area (Å²) in [5.74, 6) is 1.34. The zero-order valence-electron chi connectivity index (χ0n) is 13.9. The number of nitrogens with zero attached hydrogens (tertiary/aromatic N) is 5. The normalized spacial score (nSPS) is 10.8. The lowest BCUT2D eigenvalue weighted by Gasteiger charge is -2.07. The van der Waals surface area contributed by atoms with E-state index in [0.29, 0.717) is 28.5 Å². The maximum absolute atomic E-state index is 5.94. The van der Waals surface area contributed by atoms with Gasteiger partial charge in [0.05, 0.1) is 13.7 Å². The van der Waals surface area contributed by atoms with Crippen LogP contribution in [0.5, 0.6) is 5.75 Å². The van der Waals surface area contributed by atoms with E-state index in [1.165, 1.54) is 6.33 Å². The standard InChI is InChI=1S/C18H15ClN6O/c1-26-15-4-2-3-14(9-15)22-17-16-18(21-11-20-17)25(24-23-16)10-12-5-7-13(19)8-6-12/h2-9,11H,10H2,1H3,(H,20,21,22). The number of anilines is 2. The van der Waals surface area contributed by atoms with Crippen molar-refractivity contribution >= 4 is 34.3 Å². The largest absolute Gasteiger partial charge is 0.497 e. The third-order valence-electron chi connectivity index (χ3n) is 3.88. The summed E-state index contributed by atoms with van der Waals surface area (Å²) in [5, 5.41) is 12.4. The first kappa shape index (κ1) is 16.3. The molecule has 0 aliphatic rings. The molecule has 0 radical (unpaired) electrons. The average molecular weight is 367 g/mol. The molecule has 8 heteroatoms. The quantitative estimate of drug-likeness (QED) is 0.580. The molecule has 0 unspecified atom stereocenters. The van der Waals surface area contributed by atoms with Crippen LogP contribution in [0.1, 0.15) is 5.56 Å². The molecular weight excluding hydrogens is 352 g/mol. The zero-order valence-corrected chi connectivity index (χ0v) is 14.7. The highest BCUT2D eigenvalue weighted by Gasteiger charge is 2.12. The van der Waals surface area contributed by atoms with Crippen LogP contribution in [-0.2, 0) is 6.54 Å². The molecule has 1 N–H and O–H groups in total. The molecule has 130 valence electrons. The number of fused-ring (bicyclic) bond motifs is 1. The van der Waals surface area contributed by atoms with Crippen molar-refractivity contribution in [1.82, 2.24) is 25.0 Å². The third-order valence-corrected chi connectivity index (χ3v) is 4.13. The van der Waals surface area contributed by atoms with Crippen molar-refractivity contribution in [2.24, 2.45) is 0 Å². The molecule has 2 heterocycles. The number of nitrogens with one attached hydrogen (secondary N) is 1. The molecule has 0 fully saturated rings. The van der Waals surface area contributed by atoms with E-state index in [9.17, 15) is 0 Å². The molecule has 0 aliphatic heterocycles. The van der Waals surface area contributed by atoms with E-state index in [0.717, 1.165) is 17.0 Å². The van der Waals surface area contributed by atoms with Crippen LogP contribution in [0.4, 0.5) is 11.5 Å². The Bertz CT molecular complexity index is 1050. The van der Waals surface area contributed by atoms with Gasteiger partial charge in [0.1, 0.15) is 12.1 Å². The van der Waals surface area contributed by atoms with E-state index < -0.39 is 0 Å². The summed E-state index contributed by atoms with van der Waals surface area (Å²) in [7, 11) is 1.63. The lowest BCUT2D eigenvalue weighted by molar-refractivity contribution is 0.415. The second kappa shape index (κ2) is 6.97. The molecule has 2 aromatic heterocycles. The van der Waals surface area contributed by atoms with Crippen molar-refractivity contribution in [2.75, 3.05) is 12.4 Å². The van der Waals surface area contributed by atoms with E-state index in [4.69, 9.17) is 16.3 Å². The molecule has 0 bridgehead atoms. The smallest absolute Gasteiger partial charge is 0.184 e. The predicted molar refractivity (Wildman–Crippen MR) is 99.9 cm³/mol. The Morgan fingerprint density at radius 1 is 1.12 bits per heavy atom. The van der Waals surface area contributed by atoms with Crippen LogP contribution in [0, 0.1) is 0 Å². The summed E-state index contributed by atoms with van der Waals surface area (Å²) < 4.78 is 6.98. The molecule has 4 aromatic rings. The van der Waals surface area contributed by atoms with Gasteiger partial charge in [-0.3, -0.25) is 0 Å². The van der Waals surface area contributed by atoms with Crippen molar-refractivity contribution in [1.29, 1.82) is 0 Å². The van der Waals surface area contributed by atoms with Gasteiger partial charge in [-0.25, -0.2) is 14.6 Å². The van der Waals surface area contributed by atoms with E-state index in [1.807, 2.05) is 48.5 Å². The number of methoxy groups -OCH3 is 1. The lowest BCUT2D eigenvalue weighted by Crippen LogP contribution is -2.03. The highest BCUT2D eigenvalue weighted by molar-refractivity contribution is 6.30. The number of hydrogen-bond donors (Lipinski definition) is 1. The Morgan fingerprint density at radius 3 is 2.77 bits per heavy atom. The summed E-state index contributed by atoms with van der Waals surface area (Å²) in [6, 6.07) is 15.2. The van der Waals surface area contributed by atoms with E-state index in [-0.39, 0.29) is 0 Å². The SMILES string of the molecule is COc1cccc(Nc2ncnc3c2nnn3Cc2ccc(Cl)cc2)c1. The molecule has 0 amide bonds. The van der Waals surface area contributed by atoms with Crippen molar-refractivity contribution in [3.05, 3.63) is 65.4 Å². The van der Waals surface area contributed by atoms with Gasteiger partial charge in [0.15, 0.2) is 17.0 Å². The molecule has 0 saturated carbocycles. The Hall–Kier alpha value is -3.19. The van der Waals surface area contributed by atoms with E-state index in [1.54, 1.807) is 11.8 Å². The lowest BCUT2D eigenvalue weighted by atomic mass is 10.2. The number of hydrogen-bond acceptors (Lipinski definition) is 6. The van der Waals surface area contributed by atoms with Crippen LogP contribution in [-0.4, -0.2) is 32.1 Å². The van der Waals surface area contributed by atoms with Gasteiger partial charge in [-0.15, -0.1) is 5.10 Å². The minimum Gasteiger partial charge on any atom is -0.497 e. The van der Waals surface area contributed by atoms with Gasteiger partial charge < -0.3 is 10.1 Å². The average Bonchev–Trinajstić information content (AvgIpc) is 3.08. The first-order chi connectivity index (χ1) is 12.7. The summed E-state index contributed by atoms with van der Waals surface area (Å²) in [6.45, 7) is 0.545. The minimum atomic E-state index is 0.545. The Morgan fingerprint density at radius 2 is 1.96 bits per heavy atom. The number of rotatable bonds is 5. The van der Waals surface area contributed by atoms with Crippen LogP contribution in [0.2, 0.25) is 5.02 Å². The molecule has 0 atom stereocenters. The van der Waals surface area contributed by atoms with Crippen molar-refractivity contribution in [3.8, 4) is 5.75 Å². The Balaban J connectivity index is 1.65. The van der Waals surface area contributed by atoms with Gasteiger partial charge in [-0.2, -0.15) is 0 Å². The minimum absolute atomic E-state index is 0.545. The van der Waals surface area contributed by atoms with E-state index >= 15 is 0 Å². The first-order valence-electron chi connectivity index (χ1n) is 7.92. The van der Waals surface area contributed by atoms with Gasteiger partial charge in [0.2, 0.25) is 0 Å². The first-order valence-corrected chi connectivity index (χ1v) is 8.30. The van der Waals surface area contributed by atoms with Gasteiger partial charge in [-0.05, 0) is 29.8 Å². The Kier molecular flexibility index (Phi) is 4.37. The summed E-state index contributed by atoms with van der Waals surface area (Å²) in [4.78, 5) is 8.62. The monoisotopic (exact) mass is 366 g/mol. The summed E-state index contributed by atoms with van der Waals surface area (Å²) in [6.07, 6.45) is 1.49. The van der Waals surface area contributed by atoms with E-state index in [2.05, 4.69) is 25.6 Å². The maximum Gasteiger partial charge on any atom is 0.184 e. The molecular formula is C18H15ClN6O. The summed E-state index contributed by atoms with van der Waals surface area (Å²) in [5.41, 5.74) is 3.16. The van der Waals surface area contributed by atoms with Crippen LogP contribution in [0.3, 0.4) is 0 Å². The molecule has 0 aliphatic carbocycles. The molecule has 0 spiro atoms. The van der Waals surface area contributed by atoms with Gasteiger partial charge in [0.25, 0.3) is 0 Å². The number of ether oxygens (including phenoxy) is 1. The second-order valence-corrected chi connectivity index (χ2v) is 6.06. The second-order valence-electron chi connectivity index (χ2n) is 5.63. The van der Waals surface area contributed by atoms with Crippen molar-refractivity contribution in [3.63, 3.8) is 0 Å². The third kappa shape index (κ3) is 3.29. The molecule has 2 aromatic carbocycles. The van der Waals surface area contributed by atoms with Crippen LogP contribution < -0.4 is 10.1 Å². The fraction of sp³-hybridized carbons (Fsp3) is 0.111. The van der Waals surface area contributed by atoms with Crippen molar-refractivity contribution in [2.45, 2.75) is 6.54 Å². The predicted octanol–water partition coefficient (Wildman–Crippen LogP) is 3.68. The zero-order chi connectivity index (χ0) is 17.9. The number of aromatic nitrogens is 5. The highest BCUT2D eigenvalue weighted by atomic mass is 35.5. The van der Waals surface area contributed by atoms with Crippen molar-refractivity contribution < 1.29 is 4.74 Å². The van der Waals surface area contributed by atoms with Crippen LogP contribution >= 0.6 is 11.6 Å². The highest BCUT2D eigenvalue weighted by Crippen LogP contribution is 2.24. The summed E-state index contributed by atoms with van der Waals surface area (Å²) >= 11 is 5.94. The topological polar surface area (TPSA) is 77.8 Å². The molecule has 4 rings (SSSR count). The van der Waals surface area contributed by atoms with Gasteiger partial charge in [0, 0.05) is 16.8 Å². The number of benzene rings is 2. The molecule has 26 heavy (non-hydrogen) atoms. The Labute approximate surface area is 154 Å². The van der Waals surface area contributed by atoms with Gasteiger partial charge in [-0.1, -0.05) is 35.0 Å².